The Morgan fingerprint density at radius 2 is 2.11 bits per heavy atom. The molecule has 0 radical (unpaired) electrons. The zero-order valence-electron chi connectivity index (χ0n) is 15.1. The SMILES string of the molecule is CCCC1C=C(C=C2SC(=N)N(c3nccs3)C2=O)C(c2ccc(F)cc2)=N1. The molecule has 4 rings (SSSR count). The molecule has 1 atom stereocenters. The number of nitrogens with one attached hydrogen (secondary N) is 1. The van der Waals surface area contributed by atoms with E-state index in [-0.39, 0.29) is 22.9 Å². The van der Waals surface area contributed by atoms with Crippen molar-refractivity contribution in [1.82, 2.24) is 4.98 Å². The lowest BCUT2D eigenvalue weighted by Gasteiger charge is -2.09. The second-order valence-corrected chi connectivity index (χ2v) is 8.24. The molecule has 0 aliphatic carbocycles. The lowest BCUT2D eigenvalue weighted by atomic mass is 10.0. The number of nitrogens with zero attached hydrogens (tertiary/aromatic N) is 3. The van der Waals surface area contributed by atoms with Crippen molar-refractivity contribution >= 4 is 45.0 Å². The summed E-state index contributed by atoms with van der Waals surface area (Å²) in [5.41, 5.74) is 2.39. The summed E-state index contributed by atoms with van der Waals surface area (Å²) in [5, 5.41) is 10.6. The van der Waals surface area contributed by atoms with Gasteiger partial charge in [-0.25, -0.2) is 14.3 Å². The highest BCUT2D eigenvalue weighted by Crippen LogP contribution is 2.36. The predicted molar refractivity (Wildman–Crippen MR) is 113 cm³/mol. The minimum atomic E-state index is -0.301. The highest BCUT2D eigenvalue weighted by molar-refractivity contribution is 8.19. The summed E-state index contributed by atoms with van der Waals surface area (Å²) in [6, 6.07) is 6.24. The van der Waals surface area contributed by atoms with Gasteiger partial charge in [-0.15, -0.1) is 11.3 Å². The molecular weight excluding hydrogens is 395 g/mol. The number of amidine groups is 1. The average Bonchev–Trinajstić information content (AvgIpc) is 3.38. The van der Waals surface area contributed by atoms with Crippen molar-refractivity contribution in [3.8, 4) is 0 Å². The predicted octanol–water partition coefficient (Wildman–Crippen LogP) is 4.78. The number of aliphatic imine (C=N–C) groups is 1. The van der Waals surface area contributed by atoms with Crippen LogP contribution in [0.4, 0.5) is 9.52 Å². The van der Waals surface area contributed by atoms with Crippen LogP contribution in [-0.2, 0) is 4.79 Å². The van der Waals surface area contributed by atoms with Gasteiger partial charge < -0.3 is 0 Å². The third kappa shape index (κ3) is 3.57. The fourth-order valence-corrected chi connectivity index (χ4v) is 4.64. The number of hydrogen-bond acceptors (Lipinski definition) is 6. The first-order chi connectivity index (χ1) is 13.6. The van der Waals surface area contributed by atoms with Gasteiger partial charge in [0.05, 0.1) is 16.7 Å². The molecule has 8 heteroatoms. The molecular formula is C20H17FN4OS2. The third-order valence-electron chi connectivity index (χ3n) is 4.36. The summed E-state index contributed by atoms with van der Waals surface area (Å²) in [6.45, 7) is 2.10. The number of aromatic nitrogens is 1. The number of carbonyl (C=O) groups is 1. The second-order valence-electron chi connectivity index (χ2n) is 6.33. The Morgan fingerprint density at radius 1 is 1.32 bits per heavy atom. The number of allylic oxidation sites excluding steroid dienone is 2. The maximum absolute atomic E-state index is 13.3. The van der Waals surface area contributed by atoms with E-state index in [4.69, 9.17) is 10.4 Å². The summed E-state index contributed by atoms with van der Waals surface area (Å²) in [6.07, 6.45) is 7.33. The van der Waals surface area contributed by atoms with Crippen molar-refractivity contribution in [1.29, 1.82) is 5.41 Å². The fraction of sp³-hybridized carbons (Fsp3) is 0.200. The molecule has 142 valence electrons. The van der Waals surface area contributed by atoms with E-state index in [0.717, 1.165) is 41.5 Å². The quantitative estimate of drug-likeness (QED) is 0.719. The molecule has 3 heterocycles. The van der Waals surface area contributed by atoms with Crippen molar-refractivity contribution in [3.63, 3.8) is 0 Å². The average molecular weight is 413 g/mol. The van der Waals surface area contributed by atoms with Crippen molar-refractivity contribution in [3.05, 3.63) is 69.9 Å². The van der Waals surface area contributed by atoms with E-state index in [0.29, 0.717) is 10.0 Å². The van der Waals surface area contributed by atoms with Gasteiger partial charge in [-0.2, -0.15) is 0 Å². The summed E-state index contributed by atoms with van der Waals surface area (Å²) >= 11 is 2.43. The van der Waals surface area contributed by atoms with Crippen molar-refractivity contribution < 1.29 is 9.18 Å². The van der Waals surface area contributed by atoms with E-state index in [1.807, 2.05) is 6.08 Å². The van der Waals surface area contributed by atoms with Crippen LogP contribution in [-0.4, -0.2) is 27.8 Å². The molecule has 0 spiro atoms. The smallest absolute Gasteiger partial charge is 0.273 e. The molecule has 1 unspecified atom stereocenters. The zero-order valence-corrected chi connectivity index (χ0v) is 16.7. The minimum absolute atomic E-state index is 0.0351. The number of rotatable bonds is 5. The second kappa shape index (κ2) is 7.81. The highest BCUT2D eigenvalue weighted by Gasteiger charge is 2.35. The molecule has 0 saturated carbocycles. The van der Waals surface area contributed by atoms with Crippen LogP contribution in [0.25, 0.3) is 0 Å². The monoisotopic (exact) mass is 412 g/mol. The van der Waals surface area contributed by atoms with E-state index in [1.165, 1.54) is 28.4 Å². The van der Waals surface area contributed by atoms with Crippen LogP contribution in [0.1, 0.15) is 25.3 Å². The molecule has 1 aromatic heterocycles. The van der Waals surface area contributed by atoms with Crippen LogP contribution in [0.2, 0.25) is 0 Å². The maximum atomic E-state index is 13.3. The van der Waals surface area contributed by atoms with Gasteiger partial charge in [-0.1, -0.05) is 19.4 Å². The van der Waals surface area contributed by atoms with Crippen LogP contribution < -0.4 is 4.90 Å². The Labute approximate surface area is 170 Å². The van der Waals surface area contributed by atoms with Gasteiger partial charge >= 0.3 is 0 Å². The zero-order chi connectivity index (χ0) is 19.7. The number of hydrogen-bond donors (Lipinski definition) is 1. The van der Waals surface area contributed by atoms with Gasteiger partial charge in [0.15, 0.2) is 10.3 Å². The van der Waals surface area contributed by atoms with Crippen LogP contribution in [0.5, 0.6) is 0 Å². The Balaban J connectivity index is 1.67. The van der Waals surface area contributed by atoms with Gasteiger partial charge in [0, 0.05) is 17.1 Å². The molecule has 28 heavy (non-hydrogen) atoms. The number of amides is 1. The van der Waals surface area contributed by atoms with Crippen molar-refractivity contribution in [2.45, 2.75) is 25.8 Å². The first-order valence-corrected chi connectivity index (χ1v) is 10.5. The molecule has 2 aliphatic rings. The van der Waals surface area contributed by atoms with Crippen molar-refractivity contribution in [2.75, 3.05) is 4.90 Å². The number of benzene rings is 1. The van der Waals surface area contributed by atoms with Gasteiger partial charge in [-0.3, -0.25) is 15.2 Å². The summed E-state index contributed by atoms with van der Waals surface area (Å²) in [4.78, 5) is 23.5. The molecule has 5 nitrogen and oxygen atoms in total. The van der Waals surface area contributed by atoms with Crippen molar-refractivity contribution in [2.24, 2.45) is 4.99 Å². The van der Waals surface area contributed by atoms with Gasteiger partial charge in [0.2, 0.25) is 0 Å². The van der Waals surface area contributed by atoms with Crippen LogP contribution in [0, 0.1) is 11.2 Å². The Hall–Kier alpha value is -2.58. The molecule has 2 aromatic rings. The van der Waals surface area contributed by atoms with Crippen LogP contribution in [0.15, 0.2) is 63.5 Å². The first-order valence-electron chi connectivity index (χ1n) is 8.85. The highest BCUT2D eigenvalue weighted by atomic mass is 32.2. The first kappa shape index (κ1) is 18.8. The van der Waals surface area contributed by atoms with Crippen LogP contribution >= 0.6 is 23.1 Å². The van der Waals surface area contributed by atoms with E-state index in [9.17, 15) is 9.18 Å². The molecule has 1 aromatic carbocycles. The van der Waals surface area contributed by atoms with Crippen LogP contribution in [0.3, 0.4) is 0 Å². The standard InChI is InChI=1S/C20H17FN4OS2/c1-2-3-15-10-13(17(24-15)12-4-6-14(21)7-5-12)11-16-18(26)25(19(22)28-16)20-23-8-9-27-20/h4-11,15,22H,2-3H2,1H3. The molecule has 2 aliphatic heterocycles. The number of anilines is 1. The van der Waals surface area contributed by atoms with Gasteiger partial charge in [0.25, 0.3) is 5.91 Å². The lowest BCUT2D eigenvalue weighted by molar-refractivity contribution is -0.113. The molecule has 1 saturated heterocycles. The topological polar surface area (TPSA) is 69.4 Å². The third-order valence-corrected chi connectivity index (χ3v) is 6.01. The minimum Gasteiger partial charge on any atom is -0.278 e. The number of thiazole rings is 1. The normalized spacial score (nSPS) is 20.9. The fourth-order valence-electron chi connectivity index (χ4n) is 3.10. The van der Waals surface area contributed by atoms with E-state index in [1.54, 1.807) is 29.8 Å². The number of carbonyl (C=O) groups excluding carboxylic acids is 1. The Kier molecular flexibility index (Phi) is 5.23. The van der Waals surface area contributed by atoms with Gasteiger partial charge in [0.1, 0.15) is 5.82 Å². The van der Waals surface area contributed by atoms with E-state index in [2.05, 4.69) is 11.9 Å². The summed E-state index contributed by atoms with van der Waals surface area (Å²) in [5.74, 6) is -0.561. The molecule has 1 N–H and O–H groups in total. The molecule has 0 bridgehead atoms. The van der Waals surface area contributed by atoms with E-state index >= 15 is 0 Å². The number of thioether (sulfide) groups is 1. The molecule has 1 fully saturated rings. The lowest BCUT2D eigenvalue weighted by Crippen LogP contribution is -2.27. The Morgan fingerprint density at radius 3 is 2.79 bits per heavy atom. The largest absolute Gasteiger partial charge is 0.278 e. The van der Waals surface area contributed by atoms with Gasteiger partial charge in [-0.05, 0) is 54.1 Å². The summed E-state index contributed by atoms with van der Waals surface area (Å²) in [7, 11) is 0. The number of halogens is 1. The molecule has 1 amide bonds. The maximum Gasteiger partial charge on any atom is 0.273 e. The Bertz CT molecular complexity index is 1010. The summed E-state index contributed by atoms with van der Waals surface area (Å²) < 4.78 is 13.3. The van der Waals surface area contributed by atoms with E-state index < -0.39 is 0 Å².